The second-order valence-electron chi connectivity index (χ2n) is 10.9. The zero-order chi connectivity index (χ0) is 26.5. The standard InChI is InChI=1S/C28H54O6/c1-11-25(6,7)31-21-19-27(9,14-4)33-23(29)17-16-18-24(30)34-28(10,15-5)20-22-32-26(8,12-2)13-3/h11-22H2,1-10H3. The van der Waals surface area contributed by atoms with E-state index in [9.17, 15) is 9.59 Å². The Balaban J connectivity index is 4.48. The van der Waals surface area contributed by atoms with Crippen LogP contribution in [-0.2, 0) is 28.5 Å². The van der Waals surface area contributed by atoms with Gasteiger partial charge in [-0.3, -0.25) is 9.59 Å². The van der Waals surface area contributed by atoms with Crippen molar-refractivity contribution in [3.8, 4) is 0 Å². The first kappa shape index (κ1) is 32.9. The Bertz CT molecular complexity index is 598. The van der Waals surface area contributed by atoms with Crippen molar-refractivity contribution >= 4 is 11.9 Å². The first-order chi connectivity index (χ1) is 15.7. The molecule has 0 aliphatic carbocycles. The molecule has 0 aliphatic rings. The summed E-state index contributed by atoms with van der Waals surface area (Å²) in [5.74, 6) is -0.559. The summed E-state index contributed by atoms with van der Waals surface area (Å²) in [6.45, 7) is 21.6. The van der Waals surface area contributed by atoms with Gasteiger partial charge >= 0.3 is 11.9 Å². The van der Waals surface area contributed by atoms with Crippen molar-refractivity contribution in [2.45, 2.75) is 156 Å². The SMILES string of the molecule is CCC(C)(C)OCCC(C)(CC)OC(=O)CCCC(=O)OC(C)(CC)CCOC(C)(CC)CC. The highest BCUT2D eigenvalue weighted by molar-refractivity contribution is 5.73. The number of rotatable bonds is 19. The van der Waals surface area contributed by atoms with Crippen LogP contribution in [0, 0.1) is 0 Å². The lowest BCUT2D eigenvalue weighted by Gasteiger charge is -2.32. The van der Waals surface area contributed by atoms with Gasteiger partial charge in [0.25, 0.3) is 0 Å². The van der Waals surface area contributed by atoms with E-state index >= 15 is 0 Å². The van der Waals surface area contributed by atoms with Crippen LogP contribution < -0.4 is 0 Å². The predicted molar refractivity (Wildman–Crippen MR) is 138 cm³/mol. The maximum atomic E-state index is 12.4. The van der Waals surface area contributed by atoms with Crippen LogP contribution in [-0.4, -0.2) is 47.6 Å². The van der Waals surface area contributed by atoms with Gasteiger partial charge in [0, 0.05) is 25.7 Å². The summed E-state index contributed by atoms with van der Waals surface area (Å²) in [4.78, 5) is 24.9. The van der Waals surface area contributed by atoms with E-state index in [1.807, 2.05) is 27.7 Å². The number of hydrogen-bond acceptors (Lipinski definition) is 6. The van der Waals surface area contributed by atoms with Crippen molar-refractivity contribution in [3.05, 3.63) is 0 Å². The topological polar surface area (TPSA) is 71.1 Å². The lowest BCUT2D eigenvalue weighted by Crippen LogP contribution is -2.35. The number of carbonyl (C=O) groups excluding carboxylic acids is 2. The van der Waals surface area contributed by atoms with Crippen molar-refractivity contribution in [3.63, 3.8) is 0 Å². The Morgan fingerprint density at radius 3 is 1.29 bits per heavy atom. The highest BCUT2D eigenvalue weighted by Crippen LogP contribution is 2.26. The third kappa shape index (κ3) is 13.1. The molecule has 0 saturated carbocycles. The van der Waals surface area contributed by atoms with E-state index < -0.39 is 11.2 Å². The summed E-state index contributed by atoms with van der Waals surface area (Å²) in [5.41, 5.74) is -1.44. The molecule has 0 spiro atoms. The third-order valence-electron chi connectivity index (χ3n) is 7.53. The molecule has 0 aromatic heterocycles. The van der Waals surface area contributed by atoms with Crippen LogP contribution in [0.15, 0.2) is 0 Å². The van der Waals surface area contributed by atoms with Crippen LogP contribution in [0.5, 0.6) is 0 Å². The first-order valence-electron chi connectivity index (χ1n) is 13.4. The van der Waals surface area contributed by atoms with Gasteiger partial charge < -0.3 is 18.9 Å². The molecular weight excluding hydrogens is 432 g/mol. The van der Waals surface area contributed by atoms with Crippen LogP contribution in [0.1, 0.15) is 133 Å². The zero-order valence-electron chi connectivity index (χ0n) is 23.9. The Kier molecular flexibility index (Phi) is 14.6. The van der Waals surface area contributed by atoms with E-state index in [0.717, 1.165) is 19.3 Å². The Hall–Kier alpha value is -1.14. The first-order valence-corrected chi connectivity index (χ1v) is 13.4. The summed E-state index contributed by atoms with van der Waals surface area (Å²) in [7, 11) is 0. The minimum atomic E-state index is -0.562. The molecule has 0 fully saturated rings. The average molecular weight is 487 g/mol. The molecule has 2 atom stereocenters. The smallest absolute Gasteiger partial charge is 0.306 e. The third-order valence-corrected chi connectivity index (χ3v) is 7.53. The molecule has 0 aromatic rings. The molecule has 202 valence electrons. The number of hydrogen-bond donors (Lipinski definition) is 0. The molecule has 0 amide bonds. The van der Waals surface area contributed by atoms with E-state index in [4.69, 9.17) is 18.9 Å². The fraction of sp³-hybridized carbons (Fsp3) is 0.929. The quantitative estimate of drug-likeness (QED) is 0.180. The molecule has 0 aliphatic heterocycles. The zero-order valence-corrected chi connectivity index (χ0v) is 23.9. The van der Waals surface area contributed by atoms with Gasteiger partial charge in [-0.1, -0.05) is 34.6 Å². The highest BCUT2D eigenvalue weighted by atomic mass is 16.6. The van der Waals surface area contributed by atoms with Gasteiger partial charge in [0.2, 0.25) is 0 Å². The summed E-state index contributed by atoms with van der Waals surface area (Å²) in [5, 5.41) is 0. The molecule has 34 heavy (non-hydrogen) atoms. The molecule has 0 bridgehead atoms. The minimum absolute atomic E-state index is 0.135. The van der Waals surface area contributed by atoms with E-state index in [-0.39, 0.29) is 36.0 Å². The largest absolute Gasteiger partial charge is 0.459 e. The van der Waals surface area contributed by atoms with Crippen molar-refractivity contribution in [2.75, 3.05) is 13.2 Å². The van der Waals surface area contributed by atoms with Crippen molar-refractivity contribution in [1.82, 2.24) is 0 Å². The van der Waals surface area contributed by atoms with Gasteiger partial charge in [-0.05, 0) is 73.1 Å². The second-order valence-corrected chi connectivity index (χ2v) is 10.9. The minimum Gasteiger partial charge on any atom is -0.459 e. The monoisotopic (exact) mass is 486 g/mol. The van der Waals surface area contributed by atoms with Crippen molar-refractivity contribution in [2.24, 2.45) is 0 Å². The van der Waals surface area contributed by atoms with Gasteiger partial charge in [0.15, 0.2) is 0 Å². The molecule has 2 unspecified atom stereocenters. The molecule has 0 saturated heterocycles. The molecular formula is C28H54O6. The Labute approximate surface area is 209 Å². The fourth-order valence-corrected chi connectivity index (χ4v) is 3.24. The molecule has 0 N–H and O–H groups in total. The second kappa shape index (κ2) is 15.1. The van der Waals surface area contributed by atoms with E-state index in [2.05, 4.69) is 41.5 Å². The summed E-state index contributed by atoms with van der Waals surface area (Å²) in [6, 6.07) is 0. The van der Waals surface area contributed by atoms with Gasteiger partial charge in [-0.15, -0.1) is 0 Å². The highest BCUT2D eigenvalue weighted by Gasteiger charge is 2.30. The van der Waals surface area contributed by atoms with E-state index in [1.165, 1.54) is 0 Å². The van der Waals surface area contributed by atoms with Crippen LogP contribution in [0.4, 0.5) is 0 Å². The predicted octanol–water partition coefficient (Wildman–Crippen LogP) is 7.16. The van der Waals surface area contributed by atoms with Crippen LogP contribution in [0.2, 0.25) is 0 Å². The number of ether oxygens (including phenoxy) is 4. The molecule has 0 heterocycles. The van der Waals surface area contributed by atoms with Gasteiger partial charge in [0.1, 0.15) is 11.2 Å². The molecule has 0 rings (SSSR count). The summed E-state index contributed by atoms with van der Waals surface area (Å²) in [6.07, 6.45) is 6.35. The van der Waals surface area contributed by atoms with E-state index in [1.54, 1.807) is 0 Å². The van der Waals surface area contributed by atoms with Crippen molar-refractivity contribution < 1.29 is 28.5 Å². The summed E-state index contributed by atoms with van der Waals surface area (Å²) >= 11 is 0. The lowest BCUT2D eigenvalue weighted by molar-refractivity contribution is -0.163. The van der Waals surface area contributed by atoms with Gasteiger partial charge in [-0.2, -0.15) is 0 Å². The van der Waals surface area contributed by atoms with Crippen LogP contribution in [0.25, 0.3) is 0 Å². The van der Waals surface area contributed by atoms with Gasteiger partial charge in [-0.25, -0.2) is 0 Å². The van der Waals surface area contributed by atoms with Crippen molar-refractivity contribution in [1.29, 1.82) is 0 Å². The number of carbonyl (C=O) groups is 2. The van der Waals surface area contributed by atoms with Gasteiger partial charge in [0.05, 0.1) is 24.4 Å². The molecule has 0 aromatic carbocycles. The van der Waals surface area contributed by atoms with Crippen LogP contribution >= 0.6 is 0 Å². The maximum Gasteiger partial charge on any atom is 0.306 e. The molecule has 0 radical (unpaired) electrons. The Morgan fingerprint density at radius 2 is 0.941 bits per heavy atom. The summed E-state index contributed by atoms with van der Waals surface area (Å²) < 4.78 is 23.5. The maximum absolute atomic E-state index is 12.4. The molecule has 6 nitrogen and oxygen atoms in total. The average Bonchev–Trinajstić information content (AvgIpc) is 2.78. The normalized spacial score (nSPS) is 15.9. The number of esters is 2. The lowest BCUT2D eigenvalue weighted by atomic mass is 9.97. The van der Waals surface area contributed by atoms with Crippen LogP contribution in [0.3, 0.4) is 0 Å². The molecule has 6 heteroatoms. The fourth-order valence-electron chi connectivity index (χ4n) is 3.24. The Morgan fingerprint density at radius 1 is 0.559 bits per heavy atom. The van der Waals surface area contributed by atoms with E-state index in [0.29, 0.717) is 45.3 Å².